The van der Waals surface area contributed by atoms with Gasteiger partial charge in [-0.25, -0.2) is 9.97 Å². The first-order chi connectivity index (χ1) is 9.60. The number of piperidine rings is 1. The summed E-state index contributed by atoms with van der Waals surface area (Å²) in [6, 6.07) is 0.333. The molecule has 1 aromatic rings. The molecule has 0 saturated carbocycles. The monoisotopic (exact) mass is 276 g/mol. The smallest absolute Gasteiger partial charge is 0.257 e. The molecular weight excluding hydrogens is 252 g/mol. The number of anilines is 1. The molecule has 2 rings (SSSR count). The van der Waals surface area contributed by atoms with Crippen molar-refractivity contribution in [2.75, 3.05) is 18.4 Å². The highest BCUT2D eigenvalue weighted by atomic mass is 16.2. The number of aromatic nitrogens is 2. The maximum Gasteiger partial charge on any atom is 0.257 e. The van der Waals surface area contributed by atoms with E-state index in [0.717, 1.165) is 25.9 Å². The third-order valence-corrected chi connectivity index (χ3v) is 3.83. The third-order valence-electron chi connectivity index (χ3n) is 3.83. The lowest BCUT2D eigenvalue weighted by Gasteiger charge is -2.30. The minimum absolute atomic E-state index is 0.0478. The van der Waals surface area contributed by atoms with Crippen LogP contribution in [0.4, 0.5) is 5.95 Å². The van der Waals surface area contributed by atoms with Gasteiger partial charge in [-0.15, -0.1) is 0 Å². The van der Waals surface area contributed by atoms with Crippen molar-refractivity contribution in [3.63, 3.8) is 0 Å². The lowest BCUT2D eigenvalue weighted by molar-refractivity contribution is 0.0682. The van der Waals surface area contributed by atoms with Crippen LogP contribution in [0.5, 0.6) is 0 Å². The van der Waals surface area contributed by atoms with Gasteiger partial charge in [0.2, 0.25) is 5.95 Å². The zero-order chi connectivity index (χ0) is 14.5. The van der Waals surface area contributed by atoms with Gasteiger partial charge in [-0.05, 0) is 32.1 Å². The molecule has 0 radical (unpaired) electrons. The predicted molar refractivity (Wildman–Crippen MR) is 79.7 cm³/mol. The number of likely N-dealkylation sites (tertiary alicyclic amines) is 1. The number of carbonyl (C=O) groups excluding carboxylic acids is 1. The Hall–Kier alpha value is -1.65. The molecule has 1 fully saturated rings. The van der Waals surface area contributed by atoms with Gasteiger partial charge in [-0.1, -0.05) is 13.8 Å². The van der Waals surface area contributed by atoms with Crippen LogP contribution in [-0.4, -0.2) is 39.9 Å². The van der Waals surface area contributed by atoms with Crippen LogP contribution in [0.1, 0.15) is 50.4 Å². The minimum Gasteiger partial charge on any atom is -0.352 e. The van der Waals surface area contributed by atoms with Crippen LogP contribution in [0.3, 0.4) is 0 Å². The van der Waals surface area contributed by atoms with E-state index in [0.29, 0.717) is 23.5 Å². The van der Waals surface area contributed by atoms with Gasteiger partial charge in [-0.3, -0.25) is 4.79 Å². The molecule has 0 bridgehead atoms. The van der Waals surface area contributed by atoms with E-state index < -0.39 is 0 Å². The van der Waals surface area contributed by atoms with Crippen LogP contribution in [0.2, 0.25) is 0 Å². The van der Waals surface area contributed by atoms with E-state index in [1.165, 1.54) is 6.42 Å². The minimum atomic E-state index is 0.0478. The highest BCUT2D eigenvalue weighted by Crippen LogP contribution is 2.17. The average Bonchev–Trinajstić information content (AvgIpc) is 2.47. The Labute approximate surface area is 120 Å². The Morgan fingerprint density at radius 3 is 2.80 bits per heavy atom. The van der Waals surface area contributed by atoms with E-state index >= 15 is 0 Å². The Balaban J connectivity index is 2.00. The Bertz CT molecular complexity index is 446. The molecule has 1 saturated heterocycles. The second-order valence-electron chi connectivity index (χ2n) is 5.75. The highest BCUT2D eigenvalue weighted by molar-refractivity contribution is 5.93. The molecule has 1 aromatic heterocycles. The van der Waals surface area contributed by atoms with E-state index in [-0.39, 0.29) is 5.91 Å². The van der Waals surface area contributed by atoms with Gasteiger partial charge < -0.3 is 10.2 Å². The zero-order valence-electron chi connectivity index (χ0n) is 12.6. The number of hydrogen-bond donors (Lipinski definition) is 1. The van der Waals surface area contributed by atoms with Crippen LogP contribution >= 0.6 is 0 Å². The molecule has 5 nitrogen and oxygen atoms in total. The molecule has 5 heteroatoms. The van der Waals surface area contributed by atoms with Crippen molar-refractivity contribution in [1.82, 2.24) is 14.9 Å². The second kappa shape index (κ2) is 6.68. The fraction of sp³-hybridized carbons (Fsp3) is 0.667. The number of nitrogens with zero attached hydrogens (tertiary/aromatic N) is 3. The van der Waals surface area contributed by atoms with E-state index in [9.17, 15) is 4.79 Å². The SMILES string of the molecule is CCC(C)Nc1ncc(C(=O)N2CCCC(C)C2)cn1. The summed E-state index contributed by atoms with van der Waals surface area (Å²) in [4.78, 5) is 22.7. The normalized spacial score (nSPS) is 20.6. The quantitative estimate of drug-likeness (QED) is 0.918. The van der Waals surface area contributed by atoms with Gasteiger partial charge in [0.15, 0.2) is 0 Å². The van der Waals surface area contributed by atoms with E-state index in [1.807, 2.05) is 4.90 Å². The summed E-state index contributed by atoms with van der Waals surface area (Å²) in [5.41, 5.74) is 0.578. The molecule has 0 aromatic carbocycles. The largest absolute Gasteiger partial charge is 0.352 e. The predicted octanol–water partition coefficient (Wildman–Crippen LogP) is 2.56. The number of carbonyl (C=O) groups is 1. The fourth-order valence-electron chi connectivity index (χ4n) is 2.39. The number of rotatable bonds is 4. The molecular formula is C15H24N4O. The summed E-state index contributed by atoms with van der Waals surface area (Å²) >= 11 is 0. The molecule has 0 spiro atoms. The molecule has 0 aliphatic carbocycles. The fourth-order valence-corrected chi connectivity index (χ4v) is 2.39. The maximum atomic E-state index is 12.4. The first kappa shape index (κ1) is 14.8. The van der Waals surface area contributed by atoms with Crippen molar-refractivity contribution in [1.29, 1.82) is 0 Å². The highest BCUT2D eigenvalue weighted by Gasteiger charge is 2.22. The van der Waals surface area contributed by atoms with E-state index in [2.05, 4.69) is 36.1 Å². The van der Waals surface area contributed by atoms with E-state index in [4.69, 9.17) is 0 Å². The van der Waals surface area contributed by atoms with Gasteiger partial charge in [0, 0.05) is 31.5 Å². The molecule has 20 heavy (non-hydrogen) atoms. The molecule has 1 N–H and O–H groups in total. The van der Waals surface area contributed by atoms with Crippen molar-refractivity contribution in [3.8, 4) is 0 Å². The third kappa shape index (κ3) is 3.68. The van der Waals surface area contributed by atoms with Gasteiger partial charge in [0.25, 0.3) is 5.91 Å². The zero-order valence-corrected chi connectivity index (χ0v) is 12.6. The molecule has 2 unspecified atom stereocenters. The summed E-state index contributed by atoms with van der Waals surface area (Å²) in [5, 5.41) is 3.20. The van der Waals surface area contributed by atoms with Gasteiger partial charge in [0.05, 0.1) is 5.56 Å². The van der Waals surface area contributed by atoms with Crippen LogP contribution < -0.4 is 5.32 Å². The van der Waals surface area contributed by atoms with Crippen LogP contribution in [0.25, 0.3) is 0 Å². The lowest BCUT2D eigenvalue weighted by atomic mass is 10.00. The van der Waals surface area contributed by atoms with Gasteiger partial charge >= 0.3 is 0 Å². The van der Waals surface area contributed by atoms with E-state index in [1.54, 1.807) is 12.4 Å². The Kier molecular flexibility index (Phi) is 4.93. The topological polar surface area (TPSA) is 58.1 Å². The number of amides is 1. The molecule has 1 amide bonds. The molecule has 2 heterocycles. The lowest BCUT2D eigenvalue weighted by Crippen LogP contribution is -2.39. The van der Waals surface area contributed by atoms with Crippen molar-refractivity contribution in [2.45, 2.75) is 46.1 Å². The van der Waals surface area contributed by atoms with Crippen molar-refractivity contribution < 1.29 is 4.79 Å². The maximum absolute atomic E-state index is 12.4. The van der Waals surface area contributed by atoms with Crippen molar-refractivity contribution in [2.24, 2.45) is 5.92 Å². The number of nitrogens with one attached hydrogen (secondary N) is 1. The standard InChI is InChI=1S/C15H24N4O/c1-4-12(3)18-15-16-8-13(9-17-15)14(20)19-7-5-6-11(2)10-19/h8-9,11-12H,4-7,10H2,1-3H3,(H,16,17,18). The average molecular weight is 276 g/mol. The summed E-state index contributed by atoms with van der Waals surface area (Å²) < 4.78 is 0. The van der Waals surface area contributed by atoms with Crippen LogP contribution in [-0.2, 0) is 0 Å². The molecule has 2 atom stereocenters. The first-order valence-corrected chi connectivity index (χ1v) is 7.48. The van der Waals surface area contributed by atoms with Gasteiger partial charge in [0.1, 0.15) is 0 Å². The Morgan fingerprint density at radius 1 is 1.50 bits per heavy atom. The van der Waals surface area contributed by atoms with Crippen LogP contribution in [0.15, 0.2) is 12.4 Å². The Morgan fingerprint density at radius 2 is 2.20 bits per heavy atom. The molecule has 110 valence electrons. The summed E-state index contributed by atoms with van der Waals surface area (Å²) in [5.74, 6) is 1.22. The van der Waals surface area contributed by atoms with Crippen LogP contribution in [0, 0.1) is 5.92 Å². The van der Waals surface area contributed by atoms with Crippen molar-refractivity contribution >= 4 is 11.9 Å². The second-order valence-corrected chi connectivity index (χ2v) is 5.75. The number of hydrogen-bond acceptors (Lipinski definition) is 4. The van der Waals surface area contributed by atoms with Gasteiger partial charge in [-0.2, -0.15) is 0 Å². The summed E-state index contributed by atoms with van der Waals surface area (Å²) in [6.07, 6.45) is 6.55. The molecule has 1 aliphatic rings. The summed E-state index contributed by atoms with van der Waals surface area (Å²) in [6.45, 7) is 8.06. The molecule has 1 aliphatic heterocycles. The first-order valence-electron chi connectivity index (χ1n) is 7.48. The summed E-state index contributed by atoms with van der Waals surface area (Å²) in [7, 11) is 0. The van der Waals surface area contributed by atoms with Crippen molar-refractivity contribution in [3.05, 3.63) is 18.0 Å².